The summed E-state index contributed by atoms with van der Waals surface area (Å²) in [7, 11) is 0. The zero-order valence-electron chi connectivity index (χ0n) is 14.7. The minimum absolute atomic E-state index is 0.0874. The summed E-state index contributed by atoms with van der Waals surface area (Å²) in [5, 5.41) is 10.9. The zero-order valence-corrected chi connectivity index (χ0v) is 15.5. The quantitative estimate of drug-likeness (QED) is 0.667. The summed E-state index contributed by atoms with van der Waals surface area (Å²) in [6, 6.07) is 10.5. The third-order valence-corrected chi connectivity index (χ3v) is 4.76. The highest BCUT2D eigenvalue weighted by molar-refractivity contribution is 7.99. The van der Waals surface area contributed by atoms with Gasteiger partial charge in [-0.25, -0.2) is 4.39 Å². The van der Waals surface area contributed by atoms with Crippen LogP contribution in [0.1, 0.15) is 16.7 Å². The van der Waals surface area contributed by atoms with Gasteiger partial charge in [-0.1, -0.05) is 23.9 Å². The van der Waals surface area contributed by atoms with Crippen molar-refractivity contribution in [3.8, 4) is 11.5 Å². The van der Waals surface area contributed by atoms with Crippen LogP contribution in [-0.2, 0) is 4.79 Å². The molecule has 1 amide bonds. The highest BCUT2D eigenvalue weighted by atomic mass is 32.2. The van der Waals surface area contributed by atoms with Gasteiger partial charge in [0.15, 0.2) is 0 Å². The maximum Gasteiger partial charge on any atom is 0.277 e. The minimum Gasteiger partial charge on any atom is -0.411 e. The number of nitrogens with one attached hydrogen (secondary N) is 1. The number of halogens is 1. The standard InChI is InChI=1S/C19H18FN3O2S/c1-11-4-6-14(8-13(11)3)18-22-23-19(25-18)26-10-17(24)21-15-7-5-12(2)16(20)9-15/h4-9H,10H2,1-3H3,(H,21,24). The summed E-state index contributed by atoms with van der Waals surface area (Å²) in [6.45, 7) is 5.72. The van der Waals surface area contributed by atoms with E-state index in [2.05, 4.69) is 15.5 Å². The predicted octanol–water partition coefficient (Wildman–Crippen LogP) is 4.53. The third kappa shape index (κ3) is 4.29. The molecule has 1 aromatic heterocycles. The van der Waals surface area contributed by atoms with Gasteiger partial charge < -0.3 is 9.73 Å². The lowest BCUT2D eigenvalue weighted by atomic mass is 10.1. The summed E-state index contributed by atoms with van der Waals surface area (Å²) in [6.07, 6.45) is 0. The Labute approximate surface area is 155 Å². The molecule has 0 unspecified atom stereocenters. The smallest absolute Gasteiger partial charge is 0.277 e. The summed E-state index contributed by atoms with van der Waals surface area (Å²) in [5.74, 6) is -0.129. The molecule has 5 nitrogen and oxygen atoms in total. The van der Waals surface area contributed by atoms with Crippen LogP contribution in [0, 0.1) is 26.6 Å². The molecule has 1 heterocycles. The van der Waals surface area contributed by atoms with Crippen LogP contribution in [0.4, 0.5) is 10.1 Å². The fraction of sp³-hybridized carbons (Fsp3) is 0.211. The van der Waals surface area contributed by atoms with Crippen molar-refractivity contribution in [1.29, 1.82) is 0 Å². The van der Waals surface area contributed by atoms with Crippen LogP contribution in [0.25, 0.3) is 11.5 Å². The predicted molar refractivity (Wildman–Crippen MR) is 99.7 cm³/mol. The maximum atomic E-state index is 13.5. The molecule has 26 heavy (non-hydrogen) atoms. The molecule has 0 fully saturated rings. The van der Waals surface area contributed by atoms with E-state index < -0.39 is 0 Å². The van der Waals surface area contributed by atoms with Crippen molar-refractivity contribution in [3.63, 3.8) is 0 Å². The maximum absolute atomic E-state index is 13.5. The number of nitrogens with zero attached hydrogens (tertiary/aromatic N) is 2. The van der Waals surface area contributed by atoms with E-state index in [0.717, 1.165) is 22.9 Å². The molecular weight excluding hydrogens is 353 g/mol. The summed E-state index contributed by atoms with van der Waals surface area (Å²) in [4.78, 5) is 12.0. The Bertz CT molecular complexity index is 956. The van der Waals surface area contributed by atoms with Crippen LogP contribution in [0.5, 0.6) is 0 Å². The van der Waals surface area contributed by atoms with Crippen molar-refractivity contribution >= 4 is 23.4 Å². The normalized spacial score (nSPS) is 10.8. The number of benzene rings is 2. The number of carbonyl (C=O) groups is 1. The first kappa shape index (κ1) is 18.1. The SMILES string of the molecule is Cc1ccc(-c2nnc(SCC(=O)Nc3ccc(C)c(F)c3)o2)cc1C. The summed E-state index contributed by atoms with van der Waals surface area (Å²) in [5.41, 5.74) is 4.11. The number of hydrogen-bond donors (Lipinski definition) is 1. The van der Waals surface area contributed by atoms with Gasteiger partial charge in [0.2, 0.25) is 11.8 Å². The largest absolute Gasteiger partial charge is 0.411 e. The molecule has 2 aromatic carbocycles. The van der Waals surface area contributed by atoms with Crippen molar-refractivity contribution in [3.05, 3.63) is 58.9 Å². The topological polar surface area (TPSA) is 68.0 Å². The van der Waals surface area contributed by atoms with E-state index in [9.17, 15) is 9.18 Å². The van der Waals surface area contributed by atoms with Gasteiger partial charge in [0.05, 0.1) is 5.75 Å². The summed E-state index contributed by atoms with van der Waals surface area (Å²) < 4.78 is 19.1. The Balaban J connectivity index is 1.59. The Morgan fingerprint density at radius 1 is 1.08 bits per heavy atom. The Hall–Kier alpha value is -2.67. The van der Waals surface area contributed by atoms with Gasteiger partial charge in [0, 0.05) is 11.3 Å². The summed E-state index contributed by atoms with van der Waals surface area (Å²) >= 11 is 1.13. The first-order valence-electron chi connectivity index (χ1n) is 8.02. The number of anilines is 1. The van der Waals surface area contributed by atoms with E-state index in [1.807, 2.05) is 32.0 Å². The minimum atomic E-state index is -0.356. The lowest BCUT2D eigenvalue weighted by molar-refractivity contribution is -0.113. The zero-order chi connectivity index (χ0) is 18.7. The average Bonchev–Trinajstić information content (AvgIpc) is 3.08. The monoisotopic (exact) mass is 371 g/mol. The molecule has 0 aliphatic heterocycles. The Morgan fingerprint density at radius 2 is 1.85 bits per heavy atom. The number of hydrogen-bond acceptors (Lipinski definition) is 5. The molecule has 0 radical (unpaired) electrons. The first-order valence-corrected chi connectivity index (χ1v) is 9.01. The number of rotatable bonds is 5. The molecule has 1 N–H and O–H groups in total. The van der Waals surface area contributed by atoms with E-state index in [4.69, 9.17) is 4.42 Å². The second kappa shape index (κ2) is 7.70. The fourth-order valence-corrected chi connectivity index (χ4v) is 2.82. The Kier molecular flexibility index (Phi) is 5.37. The molecule has 0 bridgehead atoms. The second-order valence-corrected chi connectivity index (χ2v) is 6.90. The number of aryl methyl sites for hydroxylation is 3. The number of thioether (sulfide) groups is 1. The van der Waals surface area contributed by atoms with Gasteiger partial charge in [-0.15, -0.1) is 10.2 Å². The van der Waals surface area contributed by atoms with Crippen LogP contribution in [-0.4, -0.2) is 21.9 Å². The van der Waals surface area contributed by atoms with E-state index >= 15 is 0 Å². The highest BCUT2D eigenvalue weighted by Crippen LogP contribution is 2.25. The van der Waals surface area contributed by atoms with E-state index in [0.29, 0.717) is 22.4 Å². The molecule has 0 aliphatic carbocycles. The first-order chi connectivity index (χ1) is 12.4. The molecule has 0 spiro atoms. The Morgan fingerprint density at radius 3 is 2.58 bits per heavy atom. The lowest BCUT2D eigenvalue weighted by Crippen LogP contribution is -2.14. The molecule has 0 saturated carbocycles. The van der Waals surface area contributed by atoms with Gasteiger partial charge in [0.25, 0.3) is 5.22 Å². The third-order valence-electron chi connectivity index (χ3n) is 3.94. The second-order valence-electron chi connectivity index (χ2n) is 5.97. The van der Waals surface area contributed by atoms with E-state index in [-0.39, 0.29) is 17.5 Å². The van der Waals surface area contributed by atoms with Gasteiger partial charge in [0.1, 0.15) is 5.82 Å². The number of carbonyl (C=O) groups excluding carboxylic acids is 1. The van der Waals surface area contributed by atoms with Gasteiger partial charge in [-0.3, -0.25) is 4.79 Å². The van der Waals surface area contributed by atoms with Crippen LogP contribution >= 0.6 is 11.8 Å². The molecule has 134 valence electrons. The van der Waals surface area contributed by atoms with Gasteiger partial charge in [-0.05, 0) is 61.7 Å². The lowest BCUT2D eigenvalue weighted by Gasteiger charge is -2.05. The van der Waals surface area contributed by atoms with Crippen LogP contribution in [0.15, 0.2) is 46.0 Å². The molecule has 3 rings (SSSR count). The van der Waals surface area contributed by atoms with Gasteiger partial charge >= 0.3 is 0 Å². The molecule has 0 atom stereocenters. The fourth-order valence-electron chi connectivity index (χ4n) is 2.25. The van der Waals surface area contributed by atoms with E-state index in [1.54, 1.807) is 19.1 Å². The molecular formula is C19H18FN3O2S. The van der Waals surface area contributed by atoms with Crippen molar-refractivity contribution in [1.82, 2.24) is 10.2 Å². The molecule has 3 aromatic rings. The van der Waals surface area contributed by atoms with Crippen LogP contribution in [0.3, 0.4) is 0 Å². The van der Waals surface area contributed by atoms with Crippen molar-refractivity contribution in [2.24, 2.45) is 0 Å². The molecule has 0 aliphatic rings. The van der Waals surface area contributed by atoms with Crippen molar-refractivity contribution in [2.75, 3.05) is 11.1 Å². The van der Waals surface area contributed by atoms with Crippen molar-refractivity contribution in [2.45, 2.75) is 26.0 Å². The highest BCUT2D eigenvalue weighted by Gasteiger charge is 2.12. The molecule has 0 saturated heterocycles. The van der Waals surface area contributed by atoms with Gasteiger partial charge in [-0.2, -0.15) is 0 Å². The average molecular weight is 371 g/mol. The van der Waals surface area contributed by atoms with E-state index in [1.165, 1.54) is 11.6 Å². The number of aromatic nitrogens is 2. The number of amides is 1. The van der Waals surface area contributed by atoms with Crippen molar-refractivity contribution < 1.29 is 13.6 Å². The van der Waals surface area contributed by atoms with Crippen LogP contribution in [0.2, 0.25) is 0 Å². The molecule has 7 heteroatoms. The van der Waals surface area contributed by atoms with Crippen LogP contribution < -0.4 is 5.32 Å².